The highest BCUT2D eigenvalue weighted by molar-refractivity contribution is 7.89. The molecule has 1 fully saturated rings. The van der Waals surface area contributed by atoms with Gasteiger partial charge >= 0.3 is 0 Å². The van der Waals surface area contributed by atoms with Crippen LogP contribution in [0.25, 0.3) is 5.52 Å². The van der Waals surface area contributed by atoms with Gasteiger partial charge in [0.2, 0.25) is 10.0 Å². The molecule has 0 atom stereocenters. The number of rotatable bonds is 6. The van der Waals surface area contributed by atoms with E-state index >= 15 is 0 Å². The van der Waals surface area contributed by atoms with Crippen LogP contribution in [0.2, 0.25) is 0 Å². The lowest BCUT2D eigenvalue weighted by Gasteiger charge is -2.31. The summed E-state index contributed by atoms with van der Waals surface area (Å²) in [4.78, 5) is 14.8. The number of hydrogen-bond donors (Lipinski definition) is 0. The van der Waals surface area contributed by atoms with Gasteiger partial charge in [-0.15, -0.1) is 0 Å². The molecule has 0 aromatic carbocycles. The predicted molar refractivity (Wildman–Crippen MR) is 119 cm³/mol. The minimum Gasteiger partial charge on any atom is -0.360 e. The predicted octanol–water partition coefficient (Wildman–Crippen LogP) is 2.99. The number of amides is 1. The van der Waals surface area contributed by atoms with Crippen molar-refractivity contribution in [2.45, 2.75) is 51.3 Å². The number of carbonyl (C=O) groups excluding carboxylic acids is 1. The third kappa shape index (κ3) is 3.81. The molecule has 0 aliphatic carbocycles. The van der Waals surface area contributed by atoms with Crippen LogP contribution >= 0.6 is 0 Å². The average molecular weight is 460 g/mol. The molecule has 1 amide bonds. The highest BCUT2D eigenvalue weighted by Gasteiger charge is 2.34. The largest absolute Gasteiger partial charge is 0.360 e. The smallest absolute Gasteiger partial charge is 0.257 e. The summed E-state index contributed by atoms with van der Waals surface area (Å²) in [7, 11) is -3.63. The molecule has 0 bridgehead atoms. The van der Waals surface area contributed by atoms with Gasteiger partial charge < -0.3 is 9.42 Å². The summed E-state index contributed by atoms with van der Waals surface area (Å²) in [5, 5.41) is 8.12. The first-order valence-corrected chi connectivity index (χ1v) is 12.4. The number of aromatic nitrogens is 3. The molecule has 0 unspecified atom stereocenters. The van der Waals surface area contributed by atoms with Crippen LogP contribution in [-0.4, -0.2) is 64.5 Å². The molecule has 3 aromatic rings. The maximum absolute atomic E-state index is 13.1. The molecule has 0 spiro atoms. The number of pyridine rings is 1. The second-order valence-corrected chi connectivity index (χ2v) is 10.0. The van der Waals surface area contributed by atoms with Crippen molar-refractivity contribution in [1.29, 1.82) is 0 Å². The third-order valence-electron chi connectivity index (χ3n) is 6.32. The Kier molecular flexibility index (Phi) is 6.09. The maximum Gasteiger partial charge on any atom is 0.257 e. The Bertz CT molecular complexity index is 1210. The summed E-state index contributed by atoms with van der Waals surface area (Å²) in [6, 6.07) is 4.03. The van der Waals surface area contributed by atoms with Crippen LogP contribution in [0.3, 0.4) is 0 Å². The molecular weight excluding hydrogens is 430 g/mol. The number of piperidine rings is 1. The molecule has 172 valence electrons. The van der Waals surface area contributed by atoms with Gasteiger partial charge in [-0.1, -0.05) is 5.16 Å². The molecule has 0 radical (unpaired) electrons. The van der Waals surface area contributed by atoms with E-state index in [1.165, 1.54) is 4.31 Å². The minimum atomic E-state index is -3.63. The van der Waals surface area contributed by atoms with Gasteiger partial charge in [-0.05, 0) is 64.2 Å². The van der Waals surface area contributed by atoms with Crippen molar-refractivity contribution in [3.8, 4) is 0 Å². The molecule has 1 saturated heterocycles. The molecule has 32 heavy (non-hydrogen) atoms. The molecule has 4 heterocycles. The van der Waals surface area contributed by atoms with E-state index in [1.807, 2.05) is 32.2 Å². The Hall–Kier alpha value is -2.72. The monoisotopic (exact) mass is 459 g/mol. The Balaban J connectivity index is 1.54. The van der Waals surface area contributed by atoms with Crippen molar-refractivity contribution in [2.75, 3.05) is 26.2 Å². The van der Waals surface area contributed by atoms with Crippen LogP contribution in [0.1, 0.15) is 60.0 Å². The topological polar surface area (TPSA) is 101 Å². The van der Waals surface area contributed by atoms with Crippen LogP contribution in [0.5, 0.6) is 0 Å². The molecule has 4 rings (SSSR count). The van der Waals surface area contributed by atoms with Gasteiger partial charge in [0, 0.05) is 32.4 Å². The minimum absolute atomic E-state index is 0.0254. The fraction of sp³-hybridized carbons (Fsp3) is 0.500. The van der Waals surface area contributed by atoms with E-state index in [-0.39, 0.29) is 16.7 Å². The standard InChI is InChI=1S/C22H29N5O4S/c1-5-25(6-2)22(28)19-14-23-27-12-9-18(13-20(19)27)17-7-10-26(11-8-17)32(29,30)21-15(3)24-31-16(21)4/h9,12-14,17H,5-8,10-11H2,1-4H3. The van der Waals surface area contributed by atoms with Gasteiger partial charge in [-0.2, -0.15) is 9.40 Å². The van der Waals surface area contributed by atoms with Crippen LogP contribution in [-0.2, 0) is 10.0 Å². The summed E-state index contributed by atoms with van der Waals surface area (Å²) >= 11 is 0. The Morgan fingerprint density at radius 2 is 1.91 bits per heavy atom. The summed E-state index contributed by atoms with van der Waals surface area (Å²) in [6.45, 7) is 9.33. The van der Waals surface area contributed by atoms with Crippen molar-refractivity contribution in [3.05, 3.63) is 47.1 Å². The average Bonchev–Trinajstić information content (AvgIpc) is 3.37. The number of hydrogen-bond acceptors (Lipinski definition) is 6. The quantitative estimate of drug-likeness (QED) is 0.562. The molecule has 0 saturated carbocycles. The zero-order valence-electron chi connectivity index (χ0n) is 18.9. The molecule has 1 aliphatic rings. The summed E-state index contributed by atoms with van der Waals surface area (Å²) in [5.74, 6) is 0.506. The molecular formula is C22H29N5O4S. The lowest BCUT2D eigenvalue weighted by atomic mass is 9.90. The van der Waals surface area contributed by atoms with Gasteiger partial charge in [0.25, 0.3) is 5.91 Å². The van der Waals surface area contributed by atoms with Crippen molar-refractivity contribution in [1.82, 2.24) is 24.0 Å². The van der Waals surface area contributed by atoms with E-state index in [0.717, 1.165) is 11.1 Å². The van der Waals surface area contributed by atoms with Crippen LogP contribution in [0.15, 0.2) is 33.9 Å². The highest BCUT2D eigenvalue weighted by atomic mass is 32.2. The van der Waals surface area contributed by atoms with Crippen LogP contribution in [0, 0.1) is 13.8 Å². The Labute approximate surface area is 188 Å². The van der Waals surface area contributed by atoms with Crippen LogP contribution in [0.4, 0.5) is 0 Å². The summed E-state index contributed by atoms with van der Waals surface area (Å²) in [5.41, 5.74) is 2.86. The number of aryl methyl sites for hydroxylation is 2. The molecule has 3 aromatic heterocycles. The first-order valence-electron chi connectivity index (χ1n) is 11.0. The van der Waals surface area contributed by atoms with Gasteiger partial charge in [0.05, 0.1) is 17.3 Å². The van der Waals surface area contributed by atoms with Crippen LogP contribution < -0.4 is 0 Å². The number of fused-ring (bicyclic) bond motifs is 1. The van der Waals surface area contributed by atoms with Crippen molar-refractivity contribution < 1.29 is 17.7 Å². The van der Waals surface area contributed by atoms with E-state index in [0.29, 0.717) is 56.0 Å². The molecule has 10 heteroatoms. The van der Waals surface area contributed by atoms with E-state index in [1.54, 1.807) is 29.5 Å². The van der Waals surface area contributed by atoms with Crippen molar-refractivity contribution in [2.24, 2.45) is 0 Å². The second kappa shape index (κ2) is 8.67. The first kappa shape index (κ1) is 22.5. The Morgan fingerprint density at radius 3 is 2.50 bits per heavy atom. The van der Waals surface area contributed by atoms with Gasteiger partial charge in [0.15, 0.2) is 5.76 Å². The molecule has 0 N–H and O–H groups in total. The number of nitrogens with zero attached hydrogens (tertiary/aromatic N) is 5. The highest BCUT2D eigenvalue weighted by Crippen LogP contribution is 2.33. The normalized spacial score (nSPS) is 16.0. The fourth-order valence-electron chi connectivity index (χ4n) is 4.50. The van der Waals surface area contributed by atoms with Crippen molar-refractivity contribution >= 4 is 21.4 Å². The second-order valence-electron chi connectivity index (χ2n) is 8.16. The zero-order chi connectivity index (χ0) is 23.0. The maximum atomic E-state index is 13.1. The molecule has 1 aliphatic heterocycles. The number of carbonyl (C=O) groups is 1. The van der Waals surface area contributed by atoms with Gasteiger partial charge in [-0.25, -0.2) is 12.9 Å². The summed E-state index contributed by atoms with van der Waals surface area (Å²) < 4.78 is 34.5. The van der Waals surface area contributed by atoms with Crippen molar-refractivity contribution in [3.63, 3.8) is 0 Å². The molecule has 9 nitrogen and oxygen atoms in total. The zero-order valence-corrected chi connectivity index (χ0v) is 19.7. The first-order chi connectivity index (χ1) is 15.3. The summed E-state index contributed by atoms with van der Waals surface area (Å²) in [6.07, 6.45) is 4.90. The van der Waals surface area contributed by atoms with E-state index in [9.17, 15) is 13.2 Å². The lowest BCUT2D eigenvalue weighted by molar-refractivity contribution is 0.0775. The van der Waals surface area contributed by atoms with E-state index in [4.69, 9.17) is 4.52 Å². The number of sulfonamides is 1. The SMILES string of the molecule is CCN(CC)C(=O)c1cnn2ccc(C3CCN(S(=O)(=O)c4c(C)noc4C)CC3)cc12. The lowest BCUT2D eigenvalue weighted by Crippen LogP contribution is -2.38. The van der Waals surface area contributed by atoms with Gasteiger partial charge in [-0.3, -0.25) is 4.79 Å². The van der Waals surface area contributed by atoms with Gasteiger partial charge in [0.1, 0.15) is 10.6 Å². The fourth-order valence-corrected chi connectivity index (χ4v) is 6.26. The third-order valence-corrected chi connectivity index (χ3v) is 8.46. The van der Waals surface area contributed by atoms with E-state index in [2.05, 4.69) is 10.3 Å². The van der Waals surface area contributed by atoms with E-state index < -0.39 is 10.0 Å². The Morgan fingerprint density at radius 1 is 1.22 bits per heavy atom.